The van der Waals surface area contributed by atoms with Crippen LogP contribution in [-0.2, 0) is 11.3 Å². The van der Waals surface area contributed by atoms with Crippen molar-refractivity contribution < 1.29 is 14.6 Å². The summed E-state index contributed by atoms with van der Waals surface area (Å²) in [6.07, 6.45) is 3.52. The fraction of sp³-hybridized carbons (Fsp3) is 0.476. The van der Waals surface area contributed by atoms with Crippen molar-refractivity contribution in [3.63, 3.8) is 0 Å². The Bertz CT molecular complexity index is 804. The lowest BCUT2D eigenvalue weighted by Gasteiger charge is -2.36. The molecule has 8 heteroatoms. The fourth-order valence-electron chi connectivity index (χ4n) is 4.18. The van der Waals surface area contributed by atoms with Gasteiger partial charge in [-0.1, -0.05) is 23.7 Å². The van der Waals surface area contributed by atoms with Gasteiger partial charge in [-0.05, 0) is 18.2 Å². The Labute approximate surface area is 176 Å². The summed E-state index contributed by atoms with van der Waals surface area (Å²) in [6.45, 7) is 8.96. The van der Waals surface area contributed by atoms with Crippen molar-refractivity contribution in [1.29, 1.82) is 0 Å². The molecule has 2 aromatic rings. The van der Waals surface area contributed by atoms with Gasteiger partial charge in [0, 0.05) is 49.2 Å². The van der Waals surface area contributed by atoms with Gasteiger partial charge in [0.15, 0.2) is 6.54 Å². The molecule has 4 rings (SSSR count). The molecule has 154 valence electrons. The molecule has 3 heterocycles. The molecule has 2 aliphatic heterocycles. The molecule has 0 radical (unpaired) electrons. The standard InChI is InChI=1S/C21H27ClN6O/c22-19-4-1-3-18(15-19)16-25-7-9-26(10-8-25)17-20(29)27-11-13-28(14-12-27)21-23-5-2-6-24-21/h1-6,15H,7-14,16-17H2/p+2. The Hall–Kier alpha value is -2.22. The van der Waals surface area contributed by atoms with Gasteiger partial charge < -0.3 is 19.6 Å². The van der Waals surface area contributed by atoms with Gasteiger partial charge in [-0.15, -0.1) is 0 Å². The summed E-state index contributed by atoms with van der Waals surface area (Å²) in [5, 5.41) is 0.802. The molecular weight excluding hydrogens is 388 g/mol. The third-order valence-electron chi connectivity index (χ3n) is 5.88. The minimum Gasteiger partial charge on any atom is -0.337 e. The molecular formula is C21H29ClN6O+2. The van der Waals surface area contributed by atoms with Crippen LogP contribution in [0.3, 0.4) is 0 Å². The number of amides is 1. The molecule has 2 saturated heterocycles. The van der Waals surface area contributed by atoms with Crippen LogP contribution < -0.4 is 14.7 Å². The van der Waals surface area contributed by atoms with Crippen LogP contribution in [0.15, 0.2) is 42.7 Å². The van der Waals surface area contributed by atoms with Crippen molar-refractivity contribution >= 4 is 23.5 Å². The number of carbonyl (C=O) groups is 1. The van der Waals surface area contributed by atoms with Crippen LogP contribution in [0.4, 0.5) is 5.95 Å². The Balaban J connectivity index is 1.19. The van der Waals surface area contributed by atoms with Crippen LogP contribution in [0, 0.1) is 0 Å². The van der Waals surface area contributed by atoms with Crippen LogP contribution >= 0.6 is 11.6 Å². The van der Waals surface area contributed by atoms with Gasteiger partial charge in [-0.3, -0.25) is 4.79 Å². The van der Waals surface area contributed by atoms with Crippen molar-refractivity contribution in [2.75, 3.05) is 63.8 Å². The highest BCUT2D eigenvalue weighted by atomic mass is 35.5. The second kappa shape index (κ2) is 9.52. The molecule has 2 aliphatic rings. The Morgan fingerprint density at radius 1 is 0.966 bits per heavy atom. The Morgan fingerprint density at radius 2 is 1.66 bits per heavy atom. The van der Waals surface area contributed by atoms with E-state index in [4.69, 9.17) is 11.6 Å². The van der Waals surface area contributed by atoms with Gasteiger partial charge in [-0.2, -0.15) is 0 Å². The fourth-order valence-corrected chi connectivity index (χ4v) is 4.40. The maximum atomic E-state index is 12.8. The van der Waals surface area contributed by atoms with Crippen molar-refractivity contribution in [3.05, 3.63) is 53.3 Å². The van der Waals surface area contributed by atoms with E-state index in [1.165, 1.54) is 10.5 Å². The molecule has 29 heavy (non-hydrogen) atoms. The van der Waals surface area contributed by atoms with Crippen LogP contribution in [0.5, 0.6) is 0 Å². The number of piperazine rings is 2. The monoisotopic (exact) mass is 416 g/mol. The zero-order chi connectivity index (χ0) is 20.1. The first-order valence-corrected chi connectivity index (χ1v) is 10.8. The SMILES string of the molecule is O=C(C[NH+]1CC[NH+](Cc2cccc(Cl)c2)CC1)N1CCN(c2ncccn2)CC1. The smallest absolute Gasteiger partial charge is 0.277 e. The second-order valence-corrected chi connectivity index (χ2v) is 8.34. The number of anilines is 1. The predicted molar refractivity (Wildman–Crippen MR) is 112 cm³/mol. The first-order chi connectivity index (χ1) is 14.2. The first-order valence-electron chi connectivity index (χ1n) is 10.4. The average Bonchev–Trinajstić information content (AvgIpc) is 2.76. The topological polar surface area (TPSA) is 58.2 Å². The van der Waals surface area contributed by atoms with E-state index in [-0.39, 0.29) is 5.91 Å². The molecule has 1 aromatic carbocycles. The zero-order valence-corrected chi connectivity index (χ0v) is 17.4. The van der Waals surface area contributed by atoms with E-state index in [1.807, 2.05) is 23.1 Å². The van der Waals surface area contributed by atoms with E-state index in [9.17, 15) is 4.79 Å². The second-order valence-electron chi connectivity index (χ2n) is 7.90. The van der Waals surface area contributed by atoms with Gasteiger partial charge >= 0.3 is 0 Å². The Kier molecular flexibility index (Phi) is 6.59. The highest BCUT2D eigenvalue weighted by molar-refractivity contribution is 6.30. The molecule has 1 amide bonds. The summed E-state index contributed by atoms with van der Waals surface area (Å²) in [5.74, 6) is 1.02. The number of nitrogens with one attached hydrogen (secondary N) is 2. The van der Waals surface area contributed by atoms with Gasteiger partial charge in [-0.25, -0.2) is 9.97 Å². The molecule has 0 aliphatic carbocycles. The number of quaternary nitrogens is 2. The molecule has 0 bridgehead atoms. The number of rotatable bonds is 5. The molecule has 1 aromatic heterocycles. The maximum Gasteiger partial charge on any atom is 0.277 e. The Morgan fingerprint density at radius 3 is 2.34 bits per heavy atom. The number of hydrogen-bond acceptors (Lipinski definition) is 4. The minimum atomic E-state index is 0.270. The molecule has 2 N–H and O–H groups in total. The summed E-state index contributed by atoms with van der Waals surface area (Å²) in [4.78, 5) is 28.5. The van der Waals surface area contributed by atoms with E-state index in [2.05, 4.69) is 27.0 Å². The minimum absolute atomic E-state index is 0.270. The summed E-state index contributed by atoms with van der Waals surface area (Å²) < 4.78 is 0. The maximum absolute atomic E-state index is 12.8. The van der Waals surface area contributed by atoms with Gasteiger partial charge in [0.05, 0.1) is 0 Å². The molecule has 0 unspecified atom stereocenters. The number of hydrogen-bond donors (Lipinski definition) is 2. The first kappa shape index (κ1) is 20.1. The van der Waals surface area contributed by atoms with Crippen molar-refractivity contribution in [3.8, 4) is 0 Å². The van der Waals surface area contributed by atoms with E-state index in [1.54, 1.807) is 17.3 Å². The van der Waals surface area contributed by atoms with E-state index >= 15 is 0 Å². The van der Waals surface area contributed by atoms with E-state index < -0.39 is 0 Å². The van der Waals surface area contributed by atoms with Crippen molar-refractivity contribution in [2.45, 2.75) is 6.54 Å². The summed E-state index contributed by atoms with van der Waals surface area (Å²) >= 11 is 6.10. The molecule has 0 atom stereocenters. The summed E-state index contributed by atoms with van der Waals surface area (Å²) in [7, 11) is 0. The number of aromatic nitrogens is 2. The highest BCUT2D eigenvalue weighted by Crippen LogP contribution is 2.10. The number of carbonyl (C=O) groups excluding carboxylic acids is 1. The third kappa shape index (κ3) is 5.44. The normalized spacial score (nSPS) is 22.5. The quantitative estimate of drug-likeness (QED) is 0.640. The van der Waals surface area contributed by atoms with Crippen LogP contribution in [0.1, 0.15) is 5.56 Å². The van der Waals surface area contributed by atoms with Gasteiger partial charge in [0.2, 0.25) is 5.95 Å². The molecule has 0 saturated carbocycles. The zero-order valence-electron chi connectivity index (χ0n) is 16.7. The van der Waals surface area contributed by atoms with Gasteiger partial charge in [0.25, 0.3) is 5.91 Å². The molecule has 2 fully saturated rings. The predicted octanol–water partition coefficient (Wildman–Crippen LogP) is -1.24. The van der Waals surface area contributed by atoms with Crippen LogP contribution in [0.25, 0.3) is 0 Å². The van der Waals surface area contributed by atoms with Crippen LogP contribution in [-0.4, -0.2) is 79.7 Å². The lowest BCUT2D eigenvalue weighted by Crippen LogP contribution is -3.28. The number of nitrogens with zero attached hydrogens (tertiary/aromatic N) is 4. The van der Waals surface area contributed by atoms with Gasteiger partial charge in [0.1, 0.15) is 32.7 Å². The third-order valence-corrected chi connectivity index (χ3v) is 6.11. The van der Waals surface area contributed by atoms with Crippen molar-refractivity contribution in [1.82, 2.24) is 14.9 Å². The summed E-state index contributed by atoms with van der Waals surface area (Å²) in [6, 6.07) is 9.95. The number of halogens is 1. The largest absolute Gasteiger partial charge is 0.337 e. The summed E-state index contributed by atoms with van der Waals surface area (Å²) in [5.41, 5.74) is 1.28. The lowest BCUT2D eigenvalue weighted by molar-refractivity contribution is -1.02. The van der Waals surface area contributed by atoms with Crippen LogP contribution in [0.2, 0.25) is 5.02 Å². The average molecular weight is 417 g/mol. The lowest BCUT2D eigenvalue weighted by atomic mass is 10.2. The highest BCUT2D eigenvalue weighted by Gasteiger charge is 2.28. The number of benzene rings is 1. The van der Waals surface area contributed by atoms with E-state index in [0.717, 1.165) is 69.9 Å². The molecule has 7 nitrogen and oxygen atoms in total. The molecule has 0 spiro atoms. The van der Waals surface area contributed by atoms with Crippen molar-refractivity contribution in [2.24, 2.45) is 0 Å². The van der Waals surface area contributed by atoms with E-state index in [0.29, 0.717) is 6.54 Å².